The highest BCUT2D eigenvalue weighted by atomic mass is 19.1. The summed E-state index contributed by atoms with van der Waals surface area (Å²) in [6.07, 6.45) is 0.818. The zero-order valence-corrected chi connectivity index (χ0v) is 8.37. The SMILES string of the molecule is O=C(CCc1cccc(F)c1)NCCO. The minimum atomic E-state index is -0.289. The van der Waals surface area contributed by atoms with E-state index < -0.39 is 0 Å². The fourth-order valence-corrected chi connectivity index (χ4v) is 1.23. The van der Waals surface area contributed by atoms with Crippen LogP contribution in [0.3, 0.4) is 0 Å². The smallest absolute Gasteiger partial charge is 0.220 e. The van der Waals surface area contributed by atoms with Gasteiger partial charge in [-0.3, -0.25) is 4.79 Å². The van der Waals surface area contributed by atoms with E-state index in [4.69, 9.17) is 5.11 Å². The molecule has 0 fully saturated rings. The number of halogens is 1. The van der Waals surface area contributed by atoms with Crippen LogP contribution in [-0.2, 0) is 11.2 Å². The molecule has 0 saturated carbocycles. The van der Waals surface area contributed by atoms with Gasteiger partial charge in [-0.15, -0.1) is 0 Å². The lowest BCUT2D eigenvalue weighted by atomic mass is 10.1. The molecular formula is C11H14FNO2. The molecule has 4 heteroatoms. The van der Waals surface area contributed by atoms with E-state index in [-0.39, 0.29) is 24.9 Å². The van der Waals surface area contributed by atoms with E-state index in [0.29, 0.717) is 12.8 Å². The molecule has 0 bridgehead atoms. The number of amides is 1. The van der Waals surface area contributed by atoms with Gasteiger partial charge >= 0.3 is 0 Å². The van der Waals surface area contributed by atoms with Crippen molar-refractivity contribution in [3.63, 3.8) is 0 Å². The molecule has 3 nitrogen and oxygen atoms in total. The van der Waals surface area contributed by atoms with Crippen LogP contribution in [0.4, 0.5) is 4.39 Å². The second kappa shape index (κ2) is 6.14. The summed E-state index contributed by atoms with van der Waals surface area (Å²) < 4.78 is 12.8. The van der Waals surface area contributed by atoms with Gasteiger partial charge < -0.3 is 10.4 Å². The number of aryl methyl sites for hydroxylation is 1. The van der Waals surface area contributed by atoms with Crippen molar-refractivity contribution in [1.82, 2.24) is 5.32 Å². The molecule has 0 aliphatic carbocycles. The van der Waals surface area contributed by atoms with Crippen molar-refractivity contribution >= 4 is 5.91 Å². The monoisotopic (exact) mass is 211 g/mol. The first-order valence-corrected chi connectivity index (χ1v) is 4.84. The molecule has 1 aromatic rings. The zero-order valence-electron chi connectivity index (χ0n) is 8.37. The topological polar surface area (TPSA) is 49.3 Å². The van der Waals surface area contributed by atoms with Crippen LogP contribution in [0.5, 0.6) is 0 Å². The van der Waals surface area contributed by atoms with E-state index in [2.05, 4.69) is 5.32 Å². The number of benzene rings is 1. The first-order chi connectivity index (χ1) is 7.22. The minimum Gasteiger partial charge on any atom is -0.395 e. The van der Waals surface area contributed by atoms with Crippen LogP contribution in [0.2, 0.25) is 0 Å². The van der Waals surface area contributed by atoms with Crippen molar-refractivity contribution in [3.05, 3.63) is 35.6 Å². The largest absolute Gasteiger partial charge is 0.395 e. The Hall–Kier alpha value is -1.42. The summed E-state index contributed by atoms with van der Waals surface area (Å²) >= 11 is 0. The molecule has 0 heterocycles. The summed E-state index contributed by atoms with van der Waals surface area (Å²) in [5, 5.41) is 11.0. The first-order valence-electron chi connectivity index (χ1n) is 4.84. The average Bonchev–Trinajstić information content (AvgIpc) is 2.23. The van der Waals surface area contributed by atoms with Gasteiger partial charge in [0, 0.05) is 13.0 Å². The van der Waals surface area contributed by atoms with Gasteiger partial charge in [-0.25, -0.2) is 4.39 Å². The Morgan fingerprint density at radius 3 is 2.93 bits per heavy atom. The molecule has 0 unspecified atom stereocenters. The summed E-state index contributed by atoms with van der Waals surface area (Å²) in [6, 6.07) is 6.19. The standard InChI is InChI=1S/C11H14FNO2/c12-10-3-1-2-9(8-10)4-5-11(15)13-6-7-14/h1-3,8,14H,4-7H2,(H,13,15). The van der Waals surface area contributed by atoms with Crippen molar-refractivity contribution < 1.29 is 14.3 Å². The van der Waals surface area contributed by atoms with Crippen molar-refractivity contribution in [3.8, 4) is 0 Å². The van der Waals surface area contributed by atoms with E-state index in [0.717, 1.165) is 5.56 Å². The third-order valence-corrected chi connectivity index (χ3v) is 1.96. The van der Waals surface area contributed by atoms with Gasteiger partial charge in [0.1, 0.15) is 5.82 Å². The lowest BCUT2D eigenvalue weighted by molar-refractivity contribution is -0.121. The molecule has 2 N–H and O–H groups in total. The number of hydrogen-bond donors (Lipinski definition) is 2. The minimum absolute atomic E-state index is 0.0638. The van der Waals surface area contributed by atoms with E-state index in [1.54, 1.807) is 12.1 Å². The highest BCUT2D eigenvalue weighted by molar-refractivity contribution is 5.76. The van der Waals surface area contributed by atoms with Crippen LogP contribution in [0, 0.1) is 5.82 Å². The Bertz CT molecular complexity index is 328. The predicted octanol–water partition coefficient (Wildman–Crippen LogP) is 0.867. The molecular weight excluding hydrogens is 197 g/mol. The lowest BCUT2D eigenvalue weighted by Gasteiger charge is -2.03. The molecule has 0 saturated heterocycles. The van der Waals surface area contributed by atoms with Gasteiger partial charge in [-0.1, -0.05) is 12.1 Å². The van der Waals surface area contributed by atoms with E-state index >= 15 is 0 Å². The number of nitrogens with one attached hydrogen (secondary N) is 1. The van der Waals surface area contributed by atoms with Crippen LogP contribution in [0.1, 0.15) is 12.0 Å². The number of hydrogen-bond acceptors (Lipinski definition) is 2. The van der Waals surface area contributed by atoms with Gasteiger partial charge in [0.25, 0.3) is 0 Å². The molecule has 0 aromatic heterocycles. The molecule has 1 rings (SSSR count). The van der Waals surface area contributed by atoms with Crippen molar-refractivity contribution in [2.24, 2.45) is 0 Å². The van der Waals surface area contributed by atoms with Crippen molar-refractivity contribution in [2.75, 3.05) is 13.2 Å². The van der Waals surface area contributed by atoms with Crippen LogP contribution < -0.4 is 5.32 Å². The van der Waals surface area contributed by atoms with Gasteiger partial charge in [0.15, 0.2) is 0 Å². The Balaban J connectivity index is 2.33. The maximum absolute atomic E-state index is 12.8. The van der Waals surface area contributed by atoms with Crippen LogP contribution in [-0.4, -0.2) is 24.2 Å². The number of aliphatic hydroxyl groups excluding tert-OH is 1. The summed E-state index contributed by atoms with van der Waals surface area (Å²) in [5.41, 5.74) is 0.800. The lowest BCUT2D eigenvalue weighted by Crippen LogP contribution is -2.26. The summed E-state index contributed by atoms with van der Waals surface area (Å²) in [5.74, 6) is -0.420. The summed E-state index contributed by atoms with van der Waals surface area (Å²) in [4.78, 5) is 11.1. The van der Waals surface area contributed by atoms with E-state index in [1.165, 1.54) is 12.1 Å². The Kier molecular flexibility index (Phi) is 4.77. The normalized spacial score (nSPS) is 10.0. The Morgan fingerprint density at radius 1 is 1.47 bits per heavy atom. The molecule has 82 valence electrons. The second-order valence-corrected chi connectivity index (χ2v) is 3.20. The van der Waals surface area contributed by atoms with Crippen LogP contribution >= 0.6 is 0 Å². The molecule has 0 aliphatic rings. The van der Waals surface area contributed by atoms with E-state index in [9.17, 15) is 9.18 Å². The molecule has 1 amide bonds. The maximum Gasteiger partial charge on any atom is 0.220 e. The molecule has 0 atom stereocenters. The number of carbonyl (C=O) groups excluding carboxylic acids is 1. The number of carbonyl (C=O) groups is 1. The molecule has 0 radical (unpaired) electrons. The average molecular weight is 211 g/mol. The summed E-state index contributed by atoms with van der Waals surface area (Å²) in [6.45, 7) is 0.202. The van der Waals surface area contributed by atoms with Gasteiger partial charge in [0.05, 0.1) is 6.61 Å². The van der Waals surface area contributed by atoms with Gasteiger partial charge in [-0.2, -0.15) is 0 Å². The van der Waals surface area contributed by atoms with E-state index in [1.807, 2.05) is 0 Å². The van der Waals surface area contributed by atoms with Crippen LogP contribution in [0.15, 0.2) is 24.3 Å². The molecule has 15 heavy (non-hydrogen) atoms. The predicted molar refractivity (Wildman–Crippen MR) is 54.8 cm³/mol. The fraction of sp³-hybridized carbons (Fsp3) is 0.364. The highest BCUT2D eigenvalue weighted by Gasteiger charge is 2.01. The van der Waals surface area contributed by atoms with Crippen LogP contribution in [0.25, 0.3) is 0 Å². The van der Waals surface area contributed by atoms with Crippen molar-refractivity contribution in [2.45, 2.75) is 12.8 Å². The van der Waals surface area contributed by atoms with Crippen molar-refractivity contribution in [1.29, 1.82) is 0 Å². The Morgan fingerprint density at radius 2 is 2.27 bits per heavy atom. The zero-order chi connectivity index (χ0) is 11.1. The van der Waals surface area contributed by atoms with Gasteiger partial charge in [-0.05, 0) is 24.1 Å². The molecule has 0 aliphatic heterocycles. The number of aliphatic hydroxyl groups is 1. The Labute approximate surface area is 87.9 Å². The first kappa shape index (κ1) is 11.7. The highest BCUT2D eigenvalue weighted by Crippen LogP contribution is 2.05. The second-order valence-electron chi connectivity index (χ2n) is 3.20. The fourth-order valence-electron chi connectivity index (χ4n) is 1.23. The number of rotatable bonds is 5. The molecule has 0 spiro atoms. The quantitative estimate of drug-likeness (QED) is 0.759. The van der Waals surface area contributed by atoms with Gasteiger partial charge in [0.2, 0.25) is 5.91 Å². The summed E-state index contributed by atoms with van der Waals surface area (Å²) in [7, 11) is 0. The molecule has 1 aromatic carbocycles. The third-order valence-electron chi connectivity index (χ3n) is 1.96. The maximum atomic E-state index is 12.8. The third kappa shape index (κ3) is 4.56.